The molecule has 1 aromatic rings. The van der Waals surface area contributed by atoms with E-state index in [0.717, 1.165) is 5.56 Å². The number of aliphatic hydroxyl groups is 1. The molecule has 0 bridgehead atoms. The zero-order chi connectivity index (χ0) is 10.6. The van der Waals surface area contributed by atoms with Crippen molar-refractivity contribution in [1.29, 1.82) is 0 Å². The van der Waals surface area contributed by atoms with E-state index in [9.17, 15) is 5.11 Å². The van der Waals surface area contributed by atoms with Crippen LogP contribution in [0.1, 0.15) is 18.6 Å². The van der Waals surface area contributed by atoms with Crippen LogP contribution in [-0.4, -0.2) is 19.0 Å². The summed E-state index contributed by atoms with van der Waals surface area (Å²) in [5.74, 6) is 0.554. The van der Waals surface area contributed by atoms with Crippen molar-refractivity contribution in [2.75, 3.05) is 13.9 Å². The van der Waals surface area contributed by atoms with Gasteiger partial charge >= 0.3 is 0 Å². The summed E-state index contributed by atoms with van der Waals surface area (Å²) in [4.78, 5) is 0. The molecule has 1 N–H and O–H groups in total. The minimum Gasteiger partial charge on any atom is -0.466 e. The van der Waals surface area contributed by atoms with Gasteiger partial charge in [0.2, 0.25) is 0 Å². The van der Waals surface area contributed by atoms with E-state index in [1.54, 1.807) is 25.1 Å². The third-order valence-corrected chi connectivity index (χ3v) is 2.07. The molecule has 14 heavy (non-hydrogen) atoms. The summed E-state index contributed by atoms with van der Waals surface area (Å²) in [6.45, 7) is 1.84. The molecule has 0 saturated carbocycles. The van der Waals surface area contributed by atoms with Crippen molar-refractivity contribution in [3.63, 3.8) is 0 Å². The molecule has 1 atom stereocenters. The lowest BCUT2D eigenvalue weighted by atomic mass is 10.1. The van der Waals surface area contributed by atoms with E-state index in [-0.39, 0.29) is 6.79 Å². The highest BCUT2D eigenvalue weighted by Crippen LogP contribution is 2.27. The molecule has 1 aromatic carbocycles. The molecular formula is C10H13ClO3. The van der Waals surface area contributed by atoms with Gasteiger partial charge in [-0.15, -0.1) is 0 Å². The van der Waals surface area contributed by atoms with Gasteiger partial charge in [-0.3, -0.25) is 0 Å². The second-order valence-corrected chi connectivity index (χ2v) is 3.32. The van der Waals surface area contributed by atoms with Gasteiger partial charge in [0.15, 0.2) is 6.79 Å². The Kier molecular flexibility index (Phi) is 4.20. The minimum atomic E-state index is -0.524. The zero-order valence-electron chi connectivity index (χ0n) is 8.16. The van der Waals surface area contributed by atoms with Crippen molar-refractivity contribution in [2.45, 2.75) is 13.0 Å². The summed E-state index contributed by atoms with van der Waals surface area (Å²) in [5.41, 5.74) is 0.764. The van der Waals surface area contributed by atoms with Crippen molar-refractivity contribution in [3.05, 3.63) is 28.8 Å². The molecule has 0 radical (unpaired) electrons. The molecule has 78 valence electrons. The summed E-state index contributed by atoms with van der Waals surface area (Å²) in [6.07, 6.45) is -0.524. The highest BCUT2D eigenvalue weighted by Gasteiger charge is 2.05. The molecule has 0 amide bonds. The lowest BCUT2D eigenvalue weighted by Gasteiger charge is -2.09. The van der Waals surface area contributed by atoms with Gasteiger partial charge in [-0.1, -0.05) is 17.7 Å². The summed E-state index contributed by atoms with van der Waals surface area (Å²) in [7, 11) is 1.54. The molecule has 0 heterocycles. The van der Waals surface area contributed by atoms with Crippen LogP contribution >= 0.6 is 11.6 Å². The van der Waals surface area contributed by atoms with E-state index in [4.69, 9.17) is 21.1 Å². The molecule has 1 unspecified atom stereocenters. The first-order chi connectivity index (χ1) is 6.65. The van der Waals surface area contributed by atoms with Crippen LogP contribution in [0, 0.1) is 0 Å². The van der Waals surface area contributed by atoms with Crippen molar-refractivity contribution in [1.82, 2.24) is 0 Å². The Balaban J connectivity index is 2.79. The first-order valence-corrected chi connectivity index (χ1v) is 4.62. The van der Waals surface area contributed by atoms with Crippen LogP contribution < -0.4 is 4.74 Å². The van der Waals surface area contributed by atoms with Crippen LogP contribution in [0.4, 0.5) is 0 Å². The first kappa shape index (κ1) is 11.3. The lowest BCUT2D eigenvalue weighted by Crippen LogP contribution is -2.00. The highest BCUT2D eigenvalue weighted by molar-refractivity contribution is 6.32. The maximum Gasteiger partial charge on any atom is 0.188 e. The average molecular weight is 217 g/mol. The SMILES string of the molecule is COCOc1ccc(C(C)O)cc1Cl. The second kappa shape index (κ2) is 5.20. The standard InChI is InChI=1S/C10H13ClO3/c1-7(12)8-3-4-10(9(11)5-8)14-6-13-2/h3-5,7,12H,6H2,1-2H3. The molecule has 0 spiro atoms. The number of aliphatic hydroxyl groups excluding tert-OH is 1. The highest BCUT2D eigenvalue weighted by atomic mass is 35.5. The quantitative estimate of drug-likeness (QED) is 0.786. The number of hydrogen-bond acceptors (Lipinski definition) is 3. The Labute approximate surface area is 88.2 Å². The Morgan fingerprint density at radius 1 is 1.50 bits per heavy atom. The van der Waals surface area contributed by atoms with Gasteiger partial charge in [0.05, 0.1) is 11.1 Å². The monoisotopic (exact) mass is 216 g/mol. The Morgan fingerprint density at radius 3 is 2.71 bits per heavy atom. The summed E-state index contributed by atoms with van der Waals surface area (Å²) in [5, 5.41) is 9.76. The number of methoxy groups -OCH3 is 1. The Bertz CT molecular complexity index is 299. The van der Waals surface area contributed by atoms with Crippen molar-refractivity contribution in [3.8, 4) is 5.75 Å². The van der Waals surface area contributed by atoms with Gasteiger partial charge in [-0.05, 0) is 24.6 Å². The molecule has 3 nitrogen and oxygen atoms in total. The van der Waals surface area contributed by atoms with E-state index >= 15 is 0 Å². The summed E-state index contributed by atoms with van der Waals surface area (Å²) >= 11 is 5.92. The van der Waals surface area contributed by atoms with Gasteiger partial charge < -0.3 is 14.6 Å². The van der Waals surface area contributed by atoms with Crippen molar-refractivity contribution in [2.24, 2.45) is 0 Å². The van der Waals surface area contributed by atoms with Crippen LogP contribution in [-0.2, 0) is 4.74 Å². The minimum absolute atomic E-state index is 0.160. The Morgan fingerprint density at radius 2 is 2.21 bits per heavy atom. The number of rotatable bonds is 4. The average Bonchev–Trinajstić information content (AvgIpc) is 2.15. The first-order valence-electron chi connectivity index (χ1n) is 4.24. The summed E-state index contributed by atoms with van der Waals surface area (Å²) in [6, 6.07) is 5.15. The van der Waals surface area contributed by atoms with E-state index in [2.05, 4.69) is 0 Å². The molecular weight excluding hydrogens is 204 g/mol. The molecule has 4 heteroatoms. The van der Waals surface area contributed by atoms with Crippen molar-refractivity contribution >= 4 is 11.6 Å². The third-order valence-electron chi connectivity index (χ3n) is 1.77. The largest absolute Gasteiger partial charge is 0.466 e. The topological polar surface area (TPSA) is 38.7 Å². The van der Waals surface area contributed by atoms with E-state index in [1.165, 1.54) is 7.11 Å². The van der Waals surface area contributed by atoms with Gasteiger partial charge in [0, 0.05) is 7.11 Å². The molecule has 1 rings (SSSR count). The van der Waals surface area contributed by atoms with Gasteiger partial charge in [0.1, 0.15) is 5.75 Å². The third kappa shape index (κ3) is 2.87. The van der Waals surface area contributed by atoms with Crippen LogP contribution in [0.15, 0.2) is 18.2 Å². The van der Waals surface area contributed by atoms with Crippen LogP contribution in [0.3, 0.4) is 0 Å². The maximum atomic E-state index is 9.29. The second-order valence-electron chi connectivity index (χ2n) is 2.92. The van der Waals surface area contributed by atoms with Gasteiger partial charge in [-0.25, -0.2) is 0 Å². The van der Waals surface area contributed by atoms with E-state index in [0.29, 0.717) is 10.8 Å². The number of halogens is 1. The van der Waals surface area contributed by atoms with E-state index in [1.807, 2.05) is 0 Å². The molecule has 0 aliphatic carbocycles. The number of ether oxygens (including phenoxy) is 2. The van der Waals surface area contributed by atoms with Crippen molar-refractivity contribution < 1.29 is 14.6 Å². The van der Waals surface area contributed by atoms with Crippen LogP contribution in [0.5, 0.6) is 5.75 Å². The number of benzene rings is 1. The van der Waals surface area contributed by atoms with Crippen LogP contribution in [0.25, 0.3) is 0 Å². The normalized spacial score (nSPS) is 12.6. The van der Waals surface area contributed by atoms with Crippen LogP contribution in [0.2, 0.25) is 5.02 Å². The molecule has 0 fully saturated rings. The van der Waals surface area contributed by atoms with E-state index < -0.39 is 6.10 Å². The zero-order valence-corrected chi connectivity index (χ0v) is 8.91. The molecule has 0 aliphatic rings. The fourth-order valence-electron chi connectivity index (χ4n) is 1.02. The van der Waals surface area contributed by atoms with Gasteiger partial charge in [0.25, 0.3) is 0 Å². The predicted molar refractivity (Wildman–Crippen MR) is 54.6 cm³/mol. The smallest absolute Gasteiger partial charge is 0.188 e. The fraction of sp³-hybridized carbons (Fsp3) is 0.400. The molecule has 0 saturated heterocycles. The predicted octanol–water partition coefficient (Wildman–Crippen LogP) is 2.38. The maximum absolute atomic E-state index is 9.29. The summed E-state index contributed by atoms with van der Waals surface area (Å²) < 4.78 is 9.93. The fourth-order valence-corrected chi connectivity index (χ4v) is 1.26. The van der Waals surface area contributed by atoms with Gasteiger partial charge in [-0.2, -0.15) is 0 Å². The lowest BCUT2D eigenvalue weighted by molar-refractivity contribution is 0.0511. The number of hydrogen-bond donors (Lipinski definition) is 1. The molecule has 0 aliphatic heterocycles. The molecule has 0 aromatic heterocycles. The Hall–Kier alpha value is -0.770.